The second-order valence-electron chi connectivity index (χ2n) is 5.39. The minimum atomic E-state index is -4.02. The summed E-state index contributed by atoms with van der Waals surface area (Å²) < 4.78 is 58.2. The van der Waals surface area contributed by atoms with Gasteiger partial charge in [0.1, 0.15) is 11.4 Å². The largest absolute Gasteiger partial charge is 0.282 e. The van der Waals surface area contributed by atoms with Crippen LogP contribution in [-0.4, -0.2) is 28.3 Å². The van der Waals surface area contributed by atoms with Gasteiger partial charge in [-0.05, 0) is 42.5 Å². The van der Waals surface area contributed by atoms with E-state index in [2.05, 4.69) is 24.7 Å². The van der Waals surface area contributed by atoms with E-state index < -0.39 is 20.0 Å². The van der Waals surface area contributed by atoms with Gasteiger partial charge in [0.25, 0.3) is 20.0 Å². The van der Waals surface area contributed by atoms with Crippen molar-refractivity contribution in [3.8, 4) is 0 Å². The van der Waals surface area contributed by atoms with E-state index in [9.17, 15) is 16.8 Å². The van der Waals surface area contributed by atoms with Gasteiger partial charge in [0.05, 0.1) is 9.79 Å². The number of halogens is 1. The van der Waals surface area contributed by atoms with Gasteiger partial charge in [0.2, 0.25) is 0 Å². The maximum Gasteiger partial charge on any atom is 0.282 e. The zero-order valence-corrected chi connectivity index (χ0v) is 16.9. The molecule has 0 unspecified atom stereocenters. The van der Waals surface area contributed by atoms with Crippen LogP contribution in [0.3, 0.4) is 0 Å². The monoisotopic (exact) mass is 464 g/mol. The Labute approximate surface area is 165 Å². The number of sulfonamides is 2. The molecule has 0 aliphatic heterocycles. The first-order valence-electron chi connectivity index (χ1n) is 7.64. The molecule has 0 bridgehead atoms. The standard InChI is InChI=1S/C18H13BrN2O4S2/c19-14-11-12-17(20-26(22,23)15-7-3-1-4-8-15)18(13-14)21-27(24,25)16-9-5-2-6-10-16/h1-13H. The SMILES string of the molecule is O=S(=O)(N=C1C=CC(Br)=CC1=NS(=O)(=O)c1ccccc1)c1ccccc1. The molecule has 0 radical (unpaired) electrons. The van der Waals surface area contributed by atoms with Crippen LogP contribution in [0.5, 0.6) is 0 Å². The van der Waals surface area contributed by atoms with E-state index in [0.29, 0.717) is 4.48 Å². The third-order valence-corrected chi connectivity index (χ3v) is 6.56. The van der Waals surface area contributed by atoms with Crippen LogP contribution in [-0.2, 0) is 20.0 Å². The average molecular weight is 465 g/mol. The zero-order valence-electron chi connectivity index (χ0n) is 13.7. The molecule has 2 aromatic rings. The lowest BCUT2D eigenvalue weighted by molar-refractivity contribution is 0.596. The Morgan fingerprint density at radius 3 is 1.56 bits per heavy atom. The second-order valence-corrected chi connectivity index (χ2v) is 9.52. The lowest BCUT2D eigenvalue weighted by Crippen LogP contribution is -2.17. The third kappa shape index (κ3) is 4.68. The molecule has 1 aliphatic rings. The van der Waals surface area contributed by atoms with E-state index in [4.69, 9.17) is 0 Å². The molecule has 0 heterocycles. The van der Waals surface area contributed by atoms with Gasteiger partial charge in [-0.1, -0.05) is 52.3 Å². The molecule has 0 spiro atoms. The lowest BCUT2D eigenvalue weighted by Gasteiger charge is -2.09. The smallest absolute Gasteiger partial charge is 0.199 e. The summed E-state index contributed by atoms with van der Waals surface area (Å²) in [4.78, 5) is 0.00614. The number of rotatable bonds is 4. The van der Waals surface area contributed by atoms with Gasteiger partial charge in [-0.25, -0.2) is 0 Å². The molecule has 0 N–H and O–H groups in total. The van der Waals surface area contributed by atoms with E-state index in [1.807, 2.05) is 0 Å². The molecule has 1 aliphatic carbocycles. The number of hydrogen-bond donors (Lipinski definition) is 0. The summed E-state index contributed by atoms with van der Waals surface area (Å²) in [6, 6.07) is 15.3. The predicted molar refractivity (Wildman–Crippen MR) is 108 cm³/mol. The highest BCUT2D eigenvalue weighted by Crippen LogP contribution is 2.19. The van der Waals surface area contributed by atoms with Crippen molar-refractivity contribution in [3.05, 3.63) is 83.4 Å². The summed E-state index contributed by atoms with van der Waals surface area (Å²) in [6.07, 6.45) is 4.36. The van der Waals surface area contributed by atoms with Crippen molar-refractivity contribution in [1.82, 2.24) is 0 Å². The lowest BCUT2D eigenvalue weighted by atomic mass is 10.1. The summed E-state index contributed by atoms with van der Waals surface area (Å²) in [5.74, 6) is 0. The fourth-order valence-corrected chi connectivity index (χ4v) is 4.58. The fraction of sp³-hybridized carbons (Fsp3) is 0. The number of allylic oxidation sites excluding steroid dienone is 4. The Hall–Kier alpha value is -2.36. The number of benzene rings is 2. The van der Waals surface area contributed by atoms with Crippen molar-refractivity contribution in [3.63, 3.8) is 0 Å². The van der Waals surface area contributed by atoms with Gasteiger partial charge in [-0.2, -0.15) is 25.6 Å². The van der Waals surface area contributed by atoms with Crippen LogP contribution in [0.15, 0.2) is 102 Å². The van der Waals surface area contributed by atoms with Crippen LogP contribution in [0.4, 0.5) is 0 Å². The van der Waals surface area contributed by atoms with E-state index in [0.717, 1.165) is 0 Å². The molecular weight excluding hydrogens is 452 g/mol. The summed E-state index contributed by atoms with van der Waals surface area (Å²) in [5, 5.41) is 0. The van der Waals surface area contributed by atoms with Crippen molar-refractivity contribution < 1.29 is 16.8 Å². The highest BCUT2D eigenvalue weighted by atomic mass is 79.9. The Kier molecular flexibility index (Phi) is 5.54. The maximum absolute atomic E-state index is 12.5. The Morgan fingerprint density at radius 2 is 1.07 bits per heavy atom. The van der Waals surface area contributed by atoms with Crippen LogP contribution in [0.25, 0.3) is 0 Å². The molecule has 0 fully saturated rings. The van der Waals surface area contributed by atoms with Crippen molar-refractivity contribution in [2.75, 3.05) is 0 Å². The van der Waals surface area contributed by atoms with Crippen LogP contribution in [0.2, 0.25) is 0 Å². The molecule has 27 heavy (non-hydrogen) atoms. The quantitative estimate of drug-likeness (QED) is 0.647. The first-order valence-corrected chi connectivity index (χ1v) is 11.3. The molecule has 0 saturated carbocycles. The van der Waals surface area contributed by atoms with Gasteiger partial charge in [0, 0.05) is 4.48 Å². The van der Waals surface area contributed by atoms with E-state index in [1.54, 1.807) is 42.5 Å². The minimum absolute atomic E-state index is 0.00171. The summed E-state index contributed by atoms with van der Waals surface area (Å²) in [7, 11) is -8.04. The maximum atomic E-state index is 12.5. The van der Waals surface area contributed by atoms with Crippen LogP contribution in [0.1, 0.15) is 0 Å². The molecule has 3 rings (SSSR count). The zero-order chi connectivity index (χ0) is 19.5. The molecule has 0 saturated heterocycles. The normalized spacial score (nSPS) is 17.9. The summed E-state index contributed by atoms with van der Waals surface area (Å²) in [5.41, 5.74) is -0.144. The molecule has 2 aromatic carbocycles. The van der Waals surface area contributed by atoms with E-state index >= 15 is 0 Å². The molecule has 138 valence electrons. The summed E-state index contributed by atoms with van der Waals surface area (Å²) >= 11 is 3.24. The average Bonchev–Trinajstić information content (AvgIpc) is 2.65. The topological polar surface area (TPSA) is 93.0 Å². The van der Waals surface area contributed by atoms with E-state index in [-0.39, 0.29) is 21.2 Å². The van der Waals surface area contributed by atoms with Crippen molar-refractivity contribution >= 4 is 47.4 Å². The highest BCUT2D eigenvalue weighted by Gasteiger charge is 2.20. The Morgan fingerprint density at radius 1 is 0.630 bits per heavy atom. The van der Waals surface area contributed by atoms with Crippen LogP contribution >= 0.6 is 15.9 Å². The van der Waals surface area contributed by atoms with Gasteiger partial charge in [-0.3, -0.25) is 0 Å². The Bertz CT molecular complexity index is 1180. The summed E-state index contributed by atoms with van der Waals surface area (Å²) in [6.45, 7) is 0. The number of nitrogens with zero attached hydrogens (tertiary/aromatic N) is 2. The first-order chi connectivity index (χ1) is 12.8. The molecule has 0 aromatic heterocycles. The second kappa shape index (κ2) is 7.71. The molecule has 0 amide bonds. The highest BCUT2D eigenvalue weighted by molar-refractivity contribution is 9.11. The van der Waals surface area contributed by atoms with Gasteiger partial charge in [-0.15, -0.1) is 0 Å². The fourth-order valence-electron chi connectivity index (χ4n) is 2.20. The molecular formula is C18H13BrN2O4S2. The van der Waals surface area contributed by atoms with E-state index in [1.165, 1.54) is 36.4 Å². The van der Waals surface area contributed by atoms with Crippen LogP contribution < -0.4 is 0 Å². The Balaban J connectivity index is 2.09. The molecule has 9 heteroatoms. The predicted octanol–water partition coefficient (Wildman–Crippen LogP) is 3.49. The van der Waals surface area contributed by atoms with Gasteiger partial charge < -0.3 is 0 Å². The first kappa shape index (κ1) is 19.4. The third-order valence-electron chi connectivity index (χ3n) is 3.46. The van der Waals surface area contributed by atoms with Crippen molar-refractivity contribution in [1.29, 1.82) is 0 Å². The van der Waals surface area contributed by atoms with Crippen LogP contribution in [0, 0.1) is 0 Å². The molecule has 0 atom stereocenters. The molecule has 6 nitrogen and oxygen atoms in total. The van der Waals surface area contributed by atoms with Crippen molar-refractivity contribution in [2.45, 2.75) is 9.79 Å². The number of hydrogen-bond acceptors (Lipinski definition) is 4. The van der Waals surface area contributed by atoms with Crippen molar-refractivity contribution in [2.24, 2.45) is 8.80 Å². The van der Waals surface area contributed by atoms with Gasteiger partial charge in [0.15, 0.2) is 0 Å². The van der Waals surface area contributed by atoms with Gasteiger partial charge >= 0.3 is 0 Å². The minimum Gasteiger partial charge on any atom is -0.199 e.